The highest BCUT2D eigenvalue weighted by Gasteiger charge is 2.43. The number of nitrogens with zero attached hydrogens (tertiary/aromatic N) is 1. The molecule has 1 saturated heterocycles. The predicted octanol–water partition coefficient (Wildman–Crippen LogP) is 2.87. The number of hydrogen-bond donors (Lipinski definition) is 0. The minimum atomic E-state index is -1.63. The van der Waals surface area contributed by atoms with E-state index in [1.807, 2.05) is 6.92 Å². The molecule has 0 saturated carbocycles. The zero-order valence-corrected chi connectivity index (χ0v) is 13.9. The average Bonchev–Trinajstić information content (AvgIpc) is 2.55. The van der Waals surface area contributed by atoms with Gasteiger partial charge < -0.3 is 14.2 Å². The van der Waals surface area contributed by atoms with Crippen LogP contribution in [0, 0.1) is 10.1 Å². The summed E-state index contributed by atoms with van der Waals surface area (Å²) in [4.78, 5) is 23.0. The van der Waals surface area contributed by atoms with Gasteiger partial charge in [-0.1, -0.05) is 30.3 Å². The fourth-order valence-corrected chi connectivity index (χ4v) is 2.76. The molecule has 7 nitrogen and oxygen atoms in total. The summed E-state index contributed by atoms with van der Waals surface area (Å²) in [5.74, 6) is -0.903. The number of nitro groups is 1. The minimum absolute atomic E-state index is 0.0248. The van der Waals surface area contributed by atoms with Gasteiger partial charge in [0.15, 0.2) is 12.4 Å². The molecule has 1 aromatic carbocycles. The summed E-state index contributed by atoms with van der Waals surface area (Å²) >= 11 is 0. The van der Waals surface area contributed by atoms with Crippen molar-refractivity contribution in [3.63, 3.8) is 0 Å². The number of benzene rings is 1. The van der Waals surface area contributed by atoms with Crippen LogP contribution in [-0.4, -0.2) is 35.9 Å². The lowest BCUT2D eigenvalue weighted by molar-refractivity contribution is -0.527. The van der Waals surface area contributed by atoms with Crippen LogP contribution in [0.4, 0.5) is 0 Å². The standard InChI is InChI=1S/C17H23NO6/c1-3-22-17(19)15(18(20)21)16(13-9-5-4-6-10-13)24-14-11-7-8-12(2)23-14/h4-6,9-10,12,14-16H,3,7-8,11H2,1-2H3/t12-,14+,15?,16+/m0/s1. The van der Waals surface area contributed by atoms with Crippen molar-refractivity contribution in [1.29, 1.82) is 0 Å². The topological polar surface area (TPSA) is 87.9 Å². The van der Waals surface area contributed by atoms with Crippen LogP contribution >= 0.6 is 0 Å². The summed E-state index contributed by atoms with van der Waals surface area (Å²) in [6.45, 7) is 3.62. The Morgan fingerprint density at radius 3 is 2.67 bits per heavy atom. The second-order valence-electron chi connectivity index (χ2n) is 5.76. The maximum absolute atomic E-state index is 12.1. The van der Waals surface area contributed by atoms with E-state index in [9.17, 15) is 14.9 Å². The van der Waals surface area contributed by atoms with Gasteiger partial charge in [0, 0.05) is 4.92 Å². The monoisotopic (exact) mass is 337 g/mol. The highest BCUT2D eigenvalue weighted by Crippen LogP contribution is 2.30. The fraction of sp³-hybridized carbons (Fsp3) is 0.588. The average molecular weight is 337 g/mol. The third-order valence-corrected chi connectivity index (χ3v) is 3.90. The van der Waals surface area contributed by atoms with Crippen LogP contribution in [0.3, 0.4) is 0 Å². The van der Waals surface area contributed by atoms with Gasteiger partial charge in [0.2, 0.25) is 0 Å². The van der Waals surface area contributed by atoms with E-state index in [0.717, 1.165) is 12.8 Å². The van der Waals surface area contributed by atoms with Gasteiger partial charge in [0.05, 0.1) is 12.7 Å². The number of ether oxygens (including phenoxy) is 3. The summed E-state index contributed by atoms with van der Waals surface area (Å²) < 4.78 is 16.5. The van der Waals surface area contributed by atoms with Crippen LogP contribution < -0.4 is 0 Å². The van der Waals surface area contributed by atoms with Crippen LogP contribution in [-0.2, 0) is 19.0 Å². The number of carbonyl (C=O) groups is 1. The Kier molecular flexibility index (Phi) is 6.69. The van der Waals surface area contributed by atoms with E-state index in [2.05, 4.69) is 0 Å². The van der Waals surface area contributed by atoms with Gasteiger partial charge in [-0.05, 0) is 38.7 Å². The highest BCUT2D eigenvalue weighted by molar-refractivity contribution is 5.75. The Morgan fingerprint density at radius 1 is 1.38 bits per heavy atom. The molecule has 0 aliphatic carbocycles. The Hall–Kier alpha value is -1.99. The normalized spacial score (nSPS) is 23.2. The van der Waals surface area contributed by atoms with Crippen molar-refractivity contribution < 1.29 is 23.9 Å². The summed E-state index contributed by atoms with van der Waals surface area (Å²) in [5.41, 5.74) is 0.550. The van der Waals surface area contributed by atoms with Gasteiger partial charge >= 0.3 is 12.0 Å². The van der Waals surface area contributed by atoms with Gasteiger partial charge in [-0.15, -0.1) is 0 Å². The van der Waals surface area contributed by atoms with Gasteiger partial charge in [0.25, 0.3) is 0 Å². The molecule has 2 rings (SSSR count). The van der Waals surface area contributed by atoms with Crippen molar-refractivity contribution in [2.45, 2.75) is 57.6 Å². The van der Waals surface area contributed by atoms with E-state index in [0.29, 0.717) is 12.0 Å². The Morgan fingerprint density at radius 2 is 2.08 bits per heavy atom. The van der Waals surface area contributed by atoms with Crippen molar-refractivity contribution in [2.75, 3.05) is 6.61 Å². The first-order chi connectivity index (χ1) is 11.5. The van der Waals surface area contributed by atoms with Crippen molar-refractivity contribution in [1.82, 2.24) is 0 Å². The molecular formula is C17H23NO6. The van der Waals surface area contributed by atoms with E-state index in [-0.39, 0.29) is 12.7 Å². The summed E-state index contributed by atoms with van der Waals surface area (Å²) in [7, 11) is 0. The molecule has 1 aliphatic rings. The zero-order valence-electron chi connectivity index (χ0n) is 13.9. The molecule has 0 spiro atoms. The molecule has 0 radical (unpaired) electrons. The Labute approximate surface area is 141 Å². The smallest absolute Gasteiger partial charge is 0.384 e. The second-order valence-corrected chi connectivity index (χ2v) is 5.76. The van der Waals surface area contributed by atoms with E-state index in [1.54, 1.807) is 37.3 Å². The van der Waals surface area contributed by atoms with Crippen molar-refractivity contribution in [3.05, 3.63) is 46.0 Å². The third-order valence-electron chi connectivity index (χ3n) is 3.90. The molecule has 0 aromatic heterocycles. The maximum atomic E-state index is 12.1. The molecule has 0 amide bonds. The highest BCUT2D eigenvalue weighted by atomic mass is 16.7. The molecule has 0 N–H and O–H groups in total. The molecule has 132 valence electrons. The van der Waals surface area contributed by atoms with Gasteiger partial charge in [0.1, 0.15) is 0 Å². The first-order valence-corrected chi connectivity index (χ1v) is 8.19. The second kappa shape index (κ2) is 8.75. The zero-order chi connectivity index (χ0) is 17.5. The Bertz CT molecular complexity index is 549. The maximum Gasteiger partial charge on any atom is 0.384 e. The van der Waals surface area contributed by atoms with Gasteiger partial charge in [-0.2, -0.15) is 0 Å². The summed E-state index contributed by atoms with van der Waals surface area (Å²) in [5, 5.41) is 11.5. The third kappa shape index (κ3) is 4.75. The van der Waals surface area contributed by atoms with E-state index >= 15 is 0 Å². The van der Waals surface area contributed by atoms with Gasteiger partial charge in [-0.3, -0.25) is 10.1 Å². The molecular weight excluding hydrogens is 314 g/mol. The largest absolute Gasteiger partial charge is 0.461 e. The molecule has 0 bridgehead atoms. The van der Waals surface area contributed by atoms with Crippen LogP contribution in [0.15, 0.2) is 30.3 Å². The molecule has 24 heavy (non-hydrogen) atoms. The molecule has 1 fully saturated rings. The lowest BCUT2D eigenvalue weighted by Gasteiger charge is -2.31. The van der Waals surface area contributed by atoms with Crippen molar-refractivity contribution >= 4 is 5.97 Å². The summed E-state index contributed by atoms with van der Waals surface area (Å²) in [6.07, 6.45) is 0.867. The molecule has 7 heteroatoms. The van der Waals surface area contributed by atoms with E-state index in [4.69, 9.17) is 14.2 Å². The van der Waals surface area contributed by atoms with Crippen molar-refractivity contribution in [2.24, 2.45) is 0 Å². The van der Waals surface area contributed by atoms with Crippen LogP contribution in [0.5, 0.6) is 0 Å². The van der Waals surface area contributed by atoms with E-state index in [1.165, 1.54) is 0 Å². The molecule has 1 unspecified atom stereocenters. The minimum Gasteiger partial charge on any atom is -0.461 e. The van der Waals surface area contributed by atoms with Gasteiger partial charge in [-0.25, -0.2) is 4.79 Å². The lowest BCUT2D eigenvalue weighted by Crippen LogP contribution is -2.41. The molecule has 1 aromatic rings. The number of rotatable bonds is 7. The SMILES string of the molecule is CCOC(=O)C([C@H](O[C@@H]1CCC[C@H](C)O1)c1ccccc1)[N+](=O)[O-]. The quantitative estimate of drug-likeness (QED) is 0.432. The Balaban J connectivity index is 2.27. The number of carbonyl (C=O) groups excluding carboxylic acids is 1. The predicted molar refractivity (Wildman–Crippen MR) is 85.9 cm³/mol. The first-order valence-electron chi connectivity index (χ1n) is 8.19. The van der Waals surface area contributed by atoms with Crippen LogP contribution in [0.2, 0.25) is 0 Å². The lowest BCUT2D eigenvalue weighted by atomic mass is 10.0. The molecule has 1 aliphatic heterocycles. The summed E-state index contributed by atoms with van der Waals surface area (Å²) in [6, 6.07) is 7.06. The fourth-order valence-electron chi connectivity index (χ4n) is 2.76. The van der Waals surface area contributed by atoms with E-state index < -0.39 is 29.3 Å². The first kappa shape index (κ1) is 18.4. The van der Waals surface area contributed by atoms with Crippen LogP contribution in [0.25, 0.3) is 0 Å². The van der Waals surface area contributed by atoms with Crippen molar-refractivity contribution in [3.8, 4) is 0 Å². The number of esters is 1. The molecule has 1 heterocycles. The molecule has 4 atom stereocenters. The van der Waals surface area contributed by atoms with Crippen LogP contribution in [0.1, 0.15) is 44.8 Å². The number of hydrogen-bond acceptors (Lipinski definition) is 6.